The van der Waals surface area contributed by atoms with Crippen molar-refractivity contribution in [3.8, 4) is 0 Å². The second kappa shape index (κ2) is 6.88. The Bertz CT molecular complexity index is 543. The predicted octanol–water partition coefficient (Wildman–Crippen LogP) is -0.0874. The first-order valence-electron chi connectivity index (χ1n) is 5.50. The van der Waals surface area contributed by atoms with Gasteiger partial charge in [0.05, 0.1) is 17.7 Å². The van der Waals surface area contributed by atoms with E-state index in [1.807, 2.05) is 0 Å². The Balaban J connectivity index is 2.91. The molecule has 1 aromatic rings. The number of carbonyl (C=O) groups excluding carboxylic acids is 2. The molecule has 2 amide bonds. The van der Waals surface area contributed by atoms with Crippen LogP contribution in [0.4, 0.5) is 5.69 Å². The van der Waals surface area contributed by atoms with Gasteiger partial charge in [0.1, 0.15) is 6.04 Å². The Hall–Kier alpha value is -2.90. The SMILES string of the molecule is O=CNc1ccccc1C(=O)N[C@@H](CC(=O)O)C(=O)O. The minimum absolute atomic E-state index is 0.0382. The number of carboxylic acids is 2. The lowest BCUT2D eigenvalue weighted by Gasteiger charge is -2.14. The summed E-state index contributed by atoms with van der Waals surface area (Å²) < 4.78 is 0. The van der Waals surface area contributed by atoms with E-state index in [0.29, 0.717) is 6.41 Å². The van der Waals surface area contributed by atoms with Crippen LogP contribution in [0.3, 0.4) is 0 Å². The molecule has 0 radical (unpaired) electrons. The molecule has 0 saturated heterocycles. The molecule has 1 atom stereocenters. The lowest BCUT2D eigenvalue weighted by atomic mass is 10.1. The van der Waals surface area contributed by atoms with Gasteiger partial charge in [-0.05, 0) is 12.1 Å². The molecule has 0 aromatic heterocycles. The fourth-order valence-corrected chi connectivity index (χ4v) is 1.48. The van der Waals surface area contributed by atoms with E-state index in [0.717, 1.165) is 0 Å². The molecule has 0 spiro atoms. The summed E-state index contributed by atoms with van der Waals surface area (Å²) in [6, 6.07) is 4.38. The van der Waals surface area contributed by atoms with Crippen LogP contribution in [0.5, 0.6) is 0 Å². The number of anilines is 1. The summed E-state index contributed by atoms with van der Waals surface area (Å²) in [5.74, 6) is -3.60. The fraction of sp³-hybridized carbons (Fsp3) is 0.167. The molecule has 20 heavy (non-hydrogen) atoms. The second-order valence-corrected chi connectivity index (χ2v) is 3.77. The first-order valence-corrected chi connectivity index (χ1v) is 5.50. The molecule has 0 aliphatic carbocycles. The molecular weight excluding hydrogens is 268 g/mol. The first-order chi connectivity index (χ1) is 9.45. The maximum atomic E-state index is 11.9. The van der Waals surface area contributed by atoms with Gasteiger partial charge in [-0.3, -0.25) is 14.4 Å². The third-order valence-corrected chi connectivity index (χ3v) is 2.37. The molecule has 0 aliphatic heterocycles. The maximum Gasteiger partial charge on any atom is 0.326 e. The highest BCUT2D eigenvalue weighted by atomic mass is 16.4. The topological polar surface area (TPSA) is 133 Å². The van der Waals surface area contributed by atoms with Gasteiger partial charge in [-0.15, -0.1) is 0 Å². The van der Waals surface area contributed by atoms with Crippen LogP contribution in [0.15, 0.2) is 24.3 Å². The molecule has 0 aliphatic rings. The number of para-hydroxylation sites is 1. The molecule has 1 rings (SSSR count). The van der Waals surface area contributed by atoms with Crippen molar-refractivity contribution in [1.82, 2.24) is 5.32 Å². The molecular formula is C12H12N2O6. The van der Waals surface area contributed by atoms with Crippen molar-refractivity contribution < 1.29 is 29.4 Å². The highest BCUT2D eigenvalue weighted by Crippen LogP contribution is 2.14. The number of carbonyl (C=O) groups is 4. The summed E-state index contributed by atoms with van der Waals surface area (Å²) in [7, 11) is 0. The van der Waals surface area contributed by atoms with Crippen LogP contribution >= 0.6 is 0 Å². The van der Waals surface area contributed by atoms with Crippen molar-refractivity contribution in [1.29, 1.82) is 0 Å². The summed E-state index contributed by atoms with van der Waals surface area (Å²) >= 11 is 0. The summed E-state index contributed by atoms with van der Waals surface area (Å²) in [4.78, 5) is 43.7. The average Bonchev–Trinajstić information content (AvgIpc) is 2.38. The van der Waals surface area contributed by atoms with Crippen molar-refractivity contribution in [2.45, 2.75) is 12.5 Å². The van der Waals surface area contributed by atoms with Crippen LogP contribution in [0.25, 0.3) is 0 Å². The zero-order valence-corrected chi connectivity index (χ0v) is 10.2. The number of aliphatic carboxylic acids is 2. The van der Waals surface area contributed by atoms with Crippen molar-refractivity contribution in [2.24, 2.45) is 0 Å². The lowest BCUT2D eigenvalue weighted by Crippen LogP contribution is -2.42. The molecule has 0 fully saturated rings. The number of hydrogen-bond donors (Lipinski definition) is 4. The van der Waals surface area contributed by atoms with Gasteiger partial charge in [0.2, 0.25) is 6.41 Å². The summed E-state index contributed by atoms with van der Waals surface area (Å²) in [6.45, 7) is 0. The third kappa shape index (κ3) is 4.09. The van der Waals surface area contributed by atoms with Crippen LogP contribution in [-0.4, -0.2) is 40.5 Å². The second-order valence-electron chi connectivity index (χ2n) is 3.77. The maximum absolute atomic E-state index is 11.9. The molecule has 0 unspecified atom stereocenters. The third-order valence-electron chi connectivity index (χ3n) is 2.37. The van der Waals surface area contributed by atoms with Gasteiger partial charge in [0, 0.05) is 0 Å². The van der Waals surface area contributed by atoms with Gasteiger partial charge >= 0.3 is 11.9 Å². The Morgan fingerprint density at radius 2 is 1.85 bits per heavy atom. The predicted molar refractivity (Wildman–Crippen MR) is 67.3 cm³/mol. The van der Waals surface area contributed by atoms with E-state index in [2.05, 4.69) is 10.6 Å². The number of amides is 2. The van der Waals surface area contributed by atoms with Crippen LogP contribution in [0.2, 0.25) is 0 Å². The zero-order valence-electron chi connectivity index (χ0n) is 10.2. The highest BCUT2D eigenvalue weighted by Gasteiger charge is 2.24. The highest BCUT2D eigenvalue weighted by molar-refractivity contribution is 6.03. The molecule has 106 valence electrons. The number of benzene rings is 1. The van der Waals surface area contributed by atoms with Crippen LogP contribution in [0.1, 0.15) is 16.8 Å². The standard InChI is InChI=1S/C12H12N2O6/c15-6-13-8-4-2-1-3-7(8)11(18)14-9(12(19)20)5-10(16)17/h1-4,6,9H,5H2,(H,13,15)(H,14,18)(H,16,17)(H,19,20)/t9-/m0/s1. The summed E-state index contributed by atoms with van der Waals surface area (Å²) in [6.07, 6.45) is -0.373. The van der Waals surface area contributed by atoms with Crippen LogP contribution in [0, 0.1) is 0 Å². The normalized spacial score (nSPS) is 11.2. The number of hydrogen-bond acceptors (Lipinski definition) is 4. The Morgan fingerprint density at radius 3 is 2.40 bits per heavy atom. The molecule has 8 heteroatoms. The van der Waals surface area contributed by atoms with E-state index in [9.17, 15) is 19.2 Å². The average molecular weight is 280 g/mol. The van der Waals surface area contributed by atoms with Crippen molar-refractivity contribution in [3.05, 3.63) is 29.8 Å². The number of nitrogens with one attached hydrogen (secondary N) is 2. The fourth-order valence-electron chi connectivity index (χ4n) is 1.48. The van der Waals surface area contributed by atoms with Crippen LogP contribution in [-0.2, 0) is 14.4 Å². The Kier molecular flexibility index (Phi) is 5.21. The van der Waals surface area contributed by atoms with Crippen LogP contribution < -0.4 is 10.6 Å². The summed E-state index contributed by atoms with van der Waals surface area (Å²) in [5, 5.41) is 21.8. The van der Waals surface area contributed by atoms with Crippen molar-refractivity contribution in [3.63, 3.8) is 0 Å². The lowest BCUT2D eigenvalue weighted by molar-refractivity contribution is -0.145. The van der Waals surface area contributed by atoms with E-state index >= 15 is 0 Å². The Morgan fingerprint density at radius 1 is 1.20 bits per heavy atom. The molecule has 4 N–H and O–H groups in total. The molecule has 0 bridgehead atoms. The van der Waals surface area contributed by atoms with Gasteiger partial charge in [0.25, 0.3) is 5.91 Å². The number of rotatable bonds is 7. The van der Waals surface area contributed by atoms with E-state index < -0.39 is 30.3 Å². The minimum Gasteiger partial charge on any atom is -0.481 e. The Labute approximate surface area is 113 Å². The van der Waals surface area contributed by atoms with Gasteiger partial charge in [-0.2, -0.15) is 0 Å². The largest absolute Gasteiger partial charge is 0.481 e. The van der Waals surface area contributed by atoms with E-state index in [4.69, 9.17) is 10.2 Å². The van der Waals surface area contributed by atoms with Gasteiger partial charge < -0.3 is 20.8 Å². The zero-order chi connectivity index (χ0) is 15.1. The van der Waals surface area contributed by atoms with Gasteiger partial charge in [0.15, 0.2) is 0 Å². The van der Waals surface area contributed by atoms with E-state index in [-0.39, 0.29) is 11.3 Å². The smallest absolute Gasteiger partial charge is 0.326 e. The minimum atomic E-state index is -1.55. The van der Waals surface area contributed by atoms with Crippen molar-refractivity contribution >= 4 is 29.9 Å². The quantitative estimate of drug-likeness (QED) is 0.516. The monoisotopic (exact) mass is 280 g/mol. The summed E-state index contributed by atoms with van der Waals surface area (Å²) in [5.41, 5.74) is 0.232. The first kappa shape index (κ1) is 15.2. The van der Waals surface area contributed by atoms with E-state index in [1.165, 1.54) is 18.2 Å². The van der Waals surface area contributed by atoms with Crippen molar-refractivity contribution in [2.75, 3.05) is 5.32 Å². The molecule has 8 nitrogen and oxygen atoms in total. The van der Waals surface area contributed by atoms with E-state index in [1.54, 1.807) is 6.07 Å². The molecule has 0 saturated carbocycles. The number of carboxylic acid groups (broad SMARTS) is 2. The van der Waals surface area contributed by atoms with Gasteiger partial charge in [-0.1, -0.05) is 12.1 Å². The molecule has 1 aromatic carbocycles. The van der Waals surface area contributed by atoms with Gasteiger partial charge in [-0.25, -0.2) is 4.79 Å². The molecule has 0 heterocycles.